The van der Waals surface area contributed by atoms with Crippen molar-refractivity contribution in [2.75, 3.05) is 0 Å². The van der Waals surface area contributed by atoms with Crippen molar-refractivity contribution in [2.45, 2.75) is 48.4 Å². The van der Waals surface area contributed by atoms with Gasteiger partial charge in [0.2, 0.25) is 0 Å². The Morgan fingerprint density at radius 1 is 1.00 bits per heavy atom. The van der Waals surface area contributed by atoms with Crippen molar-refractivity contribution < 1.29 is 2.85 Å². The Balaban J connectivity index is -0.000000320. The van der Waals surface area contributed by atoms with Gasteiger partial charge in [0.05, 0.1) is 0 Å². The summed E-state index contributed by atoms with van der Waals surface area (Å²) in [5, 5.41) is 0. The molecule has 0 spiro atoms. The molecule has 0 amide bonds. The van der Waals surface area contributed by atoms with Crippen LogP contribution in [0.2, 0.25) is 8.87 Å². The number of hydrogen-bond donors (Lipinski definition) is 0. The van der Waals surface area contributed by atoms with Gasteiger partial charge in [-0.3, -0.25) is 0 Å². The first-order chi connectivity index (χ1) is 4.41. The second-order valence-corrected chi connectivity index (χ2v) is 6.74. The zero-order chi connectivity index (χ0) is 6.95. The SMILES string of the molecule is CCC[CH2][Sn][CH2]CCC.[H-].[H-]. The van der Waals surface area contributed by atoms with E-state index < -0.39 is 0 Å². The van der Waals surface area contributed by atoms with Crippen LogP contribution in [0.15, 0.2) is 0 Å². The van der Waals surface area contributed by atoms with Crippen molar-refractivity contribution in [3.8, 4) is 0 Å². The molecule has 0 N–H and O–H groups in total. The minimum atomic E-state index is 0. The first-order valence-corrected chi connectivity index (χ1v) is 8.16. The van der Waals surface area contributed by atoms with Gasteiger partial charge in [-0.2, -0.15) is 0 Å². The molecule has 0 saturated carbocycles. The summed E-state index contributed by atoms with van der Waals surface area (Å²) < 4.78 is 3.25. The van der Waals surface area contributed by atoms with Crippen LogP contribution in [-0.2, 0) is 0 Å². The third-order valence-electron chi connectivity index (χ3n) is 1.41. The first kappa shape index (κ1) is 9.80. The van der Waals surface area contributed by atoms with E-state index in [0.717, 1.165) is 0 Å². The van der Waals surface area contributed by atoms with Crippen LogP contribution in [0, 0.1) is 0 Å². The van der Waals surface area contributed by atoms with Gasteiger partial charge in [0.15, 0.2) is 0 Å². The van der Waals surface area contributed by atoms with Gasteiger partial charge in [-0.15, -0.1) is 0 Å². The summed E-state index contributed by atoms with van der Waals surface area (Å²) in [7, 11) is 0. The summed E-state index contributed by atoms with van der Waals surface area (Å²) in [5.41, 5.74) is 0. The summed E-state index contributed by atoms with van der Waals surface area (Å²) in [4.78, 5) is 0. The number of hydrogen-bond acceptors (Lipinski definition) is 0. The summed E-state index contributed by atoms with van der Waals surface area (Å²) in [5.74, 6) is 0. The fraction of sp³-hybridized carbons (Fsp3) is 1.00. The molecule has 0 saturated heterocycles. The number of rotatable bonds is 6. The minimum Gasteiger partial charge on any atom is -1.00 e. The molecule has 0 bridgehead atoms. The Hall–Kier alpha value is 0.799. The maximum Gasteiger partial charge on any atom is -1.00 e. The predicted molar refractivity (Wildman–Crippen MR) is 47.4 cm³/mol. The predicted octanol–water partition coefficient (Wildman–Crippen LogP) is 3.35. The van der Waals surface area contributed by atoms with Gasteiger partial charge in [0.1, 0.15) is 0 Å². The Bertz CT molecular complexity index is 45.4. The standard InChI is InChI=1S/2C4H9.Sn.2H/c2*1-3-4-2;;;/h2*1,3-4H2,2H3;;;/q;;;2*-1. The molecule has 1 heteroatoms. The fourth-order valence-electron chi connectivity index (χ4n) is 0.729. The molecular weight excluding hydrogens is 215 g/mol. The maximum absolute atomic E-state index is 2.29. The van der Waals surface area contributed by atoms with Crippen molar-refractivity contribution in [1.29, 1.82) is 0 Å². The van der Waals surface area contributed by atoms with Gasteiger partial charge < -0.3 is 2.85 Å². The third-order valence-corrected chi connectivity index (χ3v) is 5.45. The van der Waals surface area contributed by atoms with E-state index in [-0.39, 0.29) is 24.0 Å². The molecule has 0 aromatic carbocycles. The molecule has 0 heterocycles. The zero-order valence-corrected chi connectivity index (χ0v) is 9.60. The third kappa shape index (κ3) is 8.80. The molecule has 2 radical (unpaired) electrons. The minimum absolute atomic E-state index is 0. The van der Waals surface area contributed by atoms with Gasteiger partial charge in [0, 0.05) is 0 Å². The van der Waals surface area contributed by atoms with E-state index in [1.165, 1.54) is 25.7 Å². The van der Waals surface area contributed by atoms with E-state index in [9.17, 15) is 0 Å². The molecule has 58 valence electrons. The van der Waals surface area contributed by atoms with Gasteiger partial charge >= 0.3 is 69.5 Å². The Morgan fingerprint density at radius 3 is 1.78 bits per heavy atom. The summed E-state index contributed by atoms with van der Waals surface area (Å²) in [6.45, 7) is 4.58. The summed E-state index contributed by atoms with van der Waals surface area (Å²) in [6, 6.07) is 0. The molecule has 0 fully saturated rings. The van der Waals surface area contributed by atoms with Gasteiger partial charge in [0.25, 0.3) is 0 Å². The molecule has 0 aliphatic heterocycles. The summed E-state index contributed by atoms with van der Waals surface area (Å²) in [6.07, 6.45) is 5.84. The molecule has 0 nitrogen and oxygen atoms in total. The monoisotopic (exact) mass is 236 g/mol. The van der Waals surface area contributed by atoms with Crippen LogP contribution in [-0.4, -0.2) is 21.1 Å². The van der Waals surface area contributed by atoms with Crippen LogP contribution in [0.3, 0.4) is 0 Å². The Labute approximate surface area is 72.6 Å². The Morgan fingerprint density at radius 2 is 1.44 bits per heavy atom. The van der Waals surface area contributed by atoms with Crippen molar-refractivity contribution in [1.82, 2.24) is 0 Å². The van der Waals surface area contributed by atoms with Crippen LogP contribution in [0.5, 0.6) is 0 Å². The van der Waals surface area contributed by atoms with E-state index in [0.29, 0.717) is 0 Å². The average Bonchev–Trinajstić information content (AvgIpc) is 1.89. The van der Waals surface area contributed by atoms with Crippen molar-refractivity contribution in [2.24, 2.45) is 0 Å². The largest absolute Gasteiger partial charge is 1.00 e. The first-order valence-electron chi connectivity index (χ1n) is 4.12. The van der Waals surface area contributed by atoms with E-state index >= 15 is 0 Å². The Kier molecular flexibility index (Phi) is 9.58. The maximum atomic E-state index is 2.29. The van der Waals surface area contributed by atoms with Crippen LogP contribution in [0.25, 0.3) is 0 Å². The van der Waals surface area contributed by atoms with Gasteiger partial charge in [-0.05, 0) is 0 Å². The second kappa shape index (κ2) is 8.80. The second-order valence-electron chi connectivity index (χ2n) is 2.46. The molecule has 0 unspecified atom stereocenters. The van der Waals surface area contributed by atoms with Crippen molar-refractivity contribution in [3.05, 3.63) is 0 Å². The average molecular weight is 235 g/mol. The molecule has 0 aliphatic carbocycles. The smallest absolute Gasteiger partial charge is 1.00 e. The van der Waals surface area contributed by atoms with Crippen LogP contribution in [0.1, 0.15) is 42.4 Å². The fourth-order valence-corrected chi connectivity index (χ4v) is 4.89. The molecule has 0 aromatic rings. The van der Waals surface area contributed by atoms with E-state index in [2.05, 4.69) is 13.8 Å². The zero-order valence-electron chi connectivity index (χ0n) is 8.74. The van der Waals surface area contributed by atoms with Gasteiger partial charge in [-0.1, -0.05) is 0 Å². The summed E-state index contributed by atoms with van der Waals surface area (Å²) >= 11 is 0.149. The van der Waals surface area contributed by atoms with E-state index in [4.69, 9.17) is 0 Å². The van der Waals surface area contributed by atoms with E-state index in [1.807, 2.05) is 0 Å². The molecule has 0 rings (SSSR count). The quantitative estimate of drug-likeness (QED) is 0.489. The van der Waals surface area contributed by atoms with Crippen molar-refractivity contribution in [3.63, 3.8) is 0 Å². The molecule has 0 aliphatic rings. The van der Waals surface area contributed by atoms with Crippen molar-refractivity contribution >= 4 is 21.1 Å². The molecule has 0 atom stereocenters. The molecular formula is C8H20Sn-2. The normalized spacial score (nSPS) is 10.0. The van der Waals surface area contributed by atoms with Crippen LogP contribution >= 0.6 is 0 Å². The van der Waals surface area contributed by atoms with E-state index in [1.54, 1.807) is 8.87 Å². The molecule has 0 aromatic heterocycles. The topological polar surface area (TPSA) is 0 Å². The van der Waals surface area contributed by atoms with Crippen LogP contribution < -0.4 is 0 Å². The van der Waals surface area contributed by atoms with Gasteiger partial charge in [-0.25, -0.2) is 0 Å². The van der Waals surface area contributed by atoms with Crippen LogP contribution in [0.4, 0.5) is 0 Å². The number of unbranched alkanes of at least 4 members (excludes halogenated alkanes) is 2. The molecule has 9 heavy (non-hydrogen) atoms.